The predicted octanol–water partition coefficient (Wildman–Crippen LogP) is 8.12. The summed E-state index contributed by atoms with van der Waals surface area (Å²) in [6.45, 7) is 25.0. The molecule has 8 nitrogen and oxygen atoms in total. The monoisotopic (exact) mass is 732 g/mol. The average Bonchev–Trinajstić information content (AvgIpc) is 3.57. The van der Waals surface area contributed by atoms with Crippen LogP contribution in [0.15, 0.2) is 59.5 Å². The fraction of sp³-hybridized carbons (Fsp3) is 0.725. The van der Waals surface area contributed by atoms with Crippen molar-refractivity contribution in [1.82, 2.24) is 0 Å². The Balaban J connectivity index is 1.48. The lowest BCUT2D eigenvalue weighted by atomic mass is 9.83. The van der Waals surface area contributed by atoms with Crippen LogP contribution in [-0.4, -0.2) is 85.2 Å². The third kappa shape index (κ3) is 10.5. The first-order valence-corrected chi connectivity index (χ1v) is 23.2. The lowest BCUT2D eigenvalue weighted by Gasteiger charge is -2.38. The highest BCUT2D eigenvalue weighted by Crippen LogP contribution is 2.42. The van der Waals surface area contributed by atoms with Gasteiger partial charge in [0.2, 0.25) is 0 Å². The molecular weight excluding hydrogens is 669 g/mol. The minimum Gasteiger partial charge on any atom is -0.417 e. The van der Waals surface area contributed by atoms with Gasteiger partial charge in [-0.3, -0.25) is 0 Å². The van der Waals surface area contributed by atoms with Crippen LogP contribution in [0.25, 0.3) is 0 Å². The third-order valence-corrected chi connectivity index (χ3v) is 18.0. The lowest BCUT2D eigenvalue weighted by molar-refractivity contribution is -0.108. The Bertz CT molecular complexity index is 1390. The van der Waals surface area contributed by atoms with Crippen LogP contribution in [0, 0.1) is 17.8 Å². The second-order valence-electron chi connectivity index (χ2n) is 16.7. The van der Waals surface area contributed by atoms with E-state index in [1.807, 2.05) is 6.07 Å². The van der Waals surface area contributed by atoms with E-state index in [1.165, 1.54) is 0 Å². The van der Waals surface area contributed by atoms with Crippen LogP contribution >= 0.6 is 0 Å². The van der Waals surface area contributed by atoms with E-state index in [2.05, 4.69) is 60.9 Å². The van der Waals surface area contributed by atoms with Crippen molar-refractivity contribution in [3.63, 3.8) is 0 Å². The molecule has 0 N–H and O–H groups in total. The van der Waals surface area contributed by atoms with Crippen molar-refractivity contribution < 1.29 is 36.6 Å². The Kier molecular flexibility index (Phi) is 14.3. The number of carbonyl (C=O) groups is 1. The fourth-order valence-corrected chi connectivity index (χ4v) is 10.3. The summed E-state index contributed by atoms with van der Waals surface area (Å²) in [6.07, 6.45) is 5.43. The molecule has 3 heterocycles. The first kappa shape index (κ1) is 41.1. The highest BCUT2D eigenvalue weighted by Gasteiger charge is 2.49. The third-order valence-electron chi connectivity index (χ3n) is 11.7. The highest BCUT2D eigenvalue weighted by molar-refractivity contribution is 7.91. The van der Waals surface area contributed by atoms with Gasteiger partial charge < -0.3 is 28.2 Å². The number of hydrogen-bond acceptors (Lipinski definition) is 8. The van der Waals surface area contributed by atoms with Crippen LogP contribution in [0.1, 0.15) is 86.0 Å². The smallest absolute Gasteiger partial charge is 0.191 e. The molecule has 3 unspecified atom stereocenters. The molecule has 3 aliphatic rings. The van der Waals surface area contributed by atoms with Gasteiger partial charge in [-0.1, -0.05) is 66.0 Å². The van der Waals surface area contributed by atoms with Crippen LogP contribution in [-0.2, 0) is 38.0 Å². The molecule has 0 saturated carbocycles. The molecule has 10 heteroatoms. The molecule has 0 aromatic heterocycles. The fourth-order valence-electron chi connectivity index (χ4n) is 7.52. The number of aldehydes is 1. The van der Waals surface area contributed by atoms with E-state index in [0.717, 1.165) is 49.5 Å². The van der Waals surface area contributed by atoms with Crippen molar-refractivity contribution in [3.05, 3.63) is 54.6 Å². The molecule has 10 atom stereocenters. The molecular formula is C40H64O8SSi. The number of rotatable bonds is 17. The van der Waals surface area contributed by atoms with Crippen LogP contribution in [0.5, 0.6) is 0 Å². The van der Waals surface area contributed by atoms with E-state index < -0.39 is 24.3 Å². The molecule has 0 radical (unpaired) electrons. The van der Waals surface area contributed by atoms with Gasteiger partial charge in [0.25, 0.3) is 0 Å². The molecule has 3 saturated heterocycles. The number of benzene rings is 1. The van der Waals surface area contributed by atoms with Crippen LogP contribution < -0.4 is 0 Å². The van der Waals surface area contributed by atoms with Crippen molar-refractivity contribution in [2.45, 2.75) is 152 Å². The first-order valence-electron chi connectivity index (χ1n) is 18.7. The maximum atomic E-state index is 13.8. The van der Waals surface area contributed by atoms with Gasteiger partial charge in [0.1, 0.15) is 6.29 Å². The quantitative estimate of drug-likeness (QED) is 0.0901. The summed E-state index contributed by atoms with van der Waals surface area (Å²) < 4.78 is 60.1. The van der Waals surface area contributed by atoms with Crippen LogP contribution in [0.2, 0.25) is 18.1 Å². The van der Waals surface area contributed by atoms with Gasteiger partial charge in [-0.25, -0.2) is 8.42 Å². The lowest BCUT2D eigenvalue weighted by Crippen LogP contribution is -2.42. The molecule has 0 aliphatic carbocycles. The van der Waals surface area contributed by atoms with Crippen molar-refractivity contribution in [2.75, 3.05) is 19.5 Å². The summed E-state index contributed by atoms with van der Waals surface area (Å²) in [6, 6.07) is 8.66. The number of carbonyl (C=O) groups excluding carboxylic acids is 1. The van der Waals surface area contributed by atoms with E-state index in [0.29, 0.717) is 30.8 Å². The van der Waals surface area contributed by atoms with Crippen molar-refractivity contribution in [3.8, 4) is 0 Å². The number of ether oxygens (including phenoxy) is 4. The zero-order valence-electron chi connectivity index (χ0n) is 31.9. The van der Waals surface area contributed by atoms with Gasteiger partial charge in [0.15, 0.2) is 18.2 Å². The Labute approximate surface area is 303 Å². The summed E-state index contributed by atoms with van der Waals surface area (Å²) in [5.41, 5.74) is 2.12. The number of hydrogen-bond donors (Lipinski definition) is 0. The zero-order chi connectivity index (χ0) is 36.9. The van der Waals surface area contributed by atoms with Crippen LogP contribution in [0.3, 0.4) is 0 Å². The molecule has 4 rings (SSSR count). The summed E-state index contributed by atoms with van der Waals surface area (Å²) in [5.74, 6) is -0.000774. The standard InChI is InChI=1S/C40H64O8SSi/c1-27(25-45-50(9,10)40(5,6)7)21-38-39(44-8)34(26-49(42,43)33-16-12-11-13-17-33)37(48-38)24-36-30(4)28(2)22-32(47-36)18-19-35-29(3)23-31(46-35)15-14-20-41/h11-13,16-17,20,27-28,31-32,34-39H,3-4,14-15,18-19,21-26H2,1-2,5-10H3/t27-,28+,31-,32-,34?,35?,36?,37-,38+,39+/m0/s1. The maximum Gasteiger partial charge on any atom is 0.191 e. The van der Waals surface area contributed by atoms with Crippen molar-refractivity contribution >= 4 is 24.4 Å². The van der Waals surface area contributed by atoms with Gasteiger partial charge in [0.05, 0.1) is 53.4 Å². The predicted molar refractivity (Wildman–Crippen MR) is 202 cm³/mol. The molecule has 282 valence electrons. The summed E-state index contributed by atoms with van der Waals surface area (Å²) >= 11 is 0. The van der Waals surface area contributed by atoms with Gasteiger partial charge >= 0.3 is 0 Å². The number of sulfone groups is 1. The largest absolute Gasteiger partial charge is 0.417 e. The molecule has 1 aromatic carbocycles. The van der Waals surface area contributed by atoms with E-state index in [-0.39, 0.29) is 65.2 Å². The highest BCUT2D eigenvalue weighted by atomic mass is 32.2. The van der Waals surface area contributed by atoms with Crippen molar-refractivity contribution in [1.29, 1.82) is 0 Å². The minimum absolute atomic E-state index is 0.0142. The Morgan fingerprint density at radius 2 is 1.68 bits per heavy atom. The second kappa shape index (κ2) is 17.4. The average molecular weight is 733 g/mol. The molecule has 0 bridgehead atoms. The first-order chi connectivity index (χ1) is 23.5. The SMILES string of the molecule is C=C1C[C@H](CCC=O)OC1CC[C@H]1C[C@@H](C)C(=C)C(C[C@@H]2O[C@H](C[C@H](C)CO[Si](C)(C)C(C)(C)C)[C@H](OC)C2CS(=O)(=O)c2ccccc2)O1. The summed E-state index contributed by atoms with van der Waals surface area (Å²) in [7, 11) is -3.87. The Morgan fingerprint density at radius 3 is 2.32 bits per heavy atom. The van der Waals surface area contributed by atoms with Gasteiger partial charge in [-0.05, 0) is 91.8 Å². The maximum absolute atomic E-state index is 13.8. The van der Waals surface area contributed by atoms with Crippen LogP contribution in [0.4, 0.5) is 0 Å². The molecule has 0 amide bonds. The van der Waals surface area contributed by atoms with E-state index in [1.54, 1.807) is 31.4 Å². The summed E-state index contributed by atoms with van der Waals surface area (Å²) in [4.78, 5) is 11.2. The second-order valence-corrected chi connectivity index (χ2v) is 23.6. The Morgan fingerprint density at radius 1 is 1.00 bits per heavy atom. The van der Waals surface area contributed by atoms with Gasteiger partial charge in [-0.2, -0.15) is 0 Å². The zero-order valence-corrected chi connectivity index (χ0v) is 33.7. The molecule has 3 fully saturated rings. The Hall–Kier alpha value is -1.66. The molecule has 0 spiro atoms. The molecule has 3 aliphatic heterocycles. The van der Waals surface area contributed by atoms with E-state index in [4.69, 9.17) is 23.4 Å². The van der Waals surface area contributed by atoms with E-state index >= 15 is 0 Å². The normalized spacial score (nSPS) is 31.6. The minimum atomic E-state index is -3.61. The number of methoxy groups -OCH3 is 1. The topological polar surface area (TPSA) is 97.4 Å². The van der Waals surface area contributed by atoms with Crippen molar-refractivity contribution in [2.24, 2.45) is 17.8 Å². The van der Waals surface area contributed by atoms with Gasteiger partial charge in [0, 0.05) is 32.5 Å². The van der Waals surface area contributed by atoms with Gasteiger partial charge in [-0.15, -0.1) is 0 Å². The molecule has 50 heavy (non-hydrogen) atoms. The van der Waals surface area contributed by atoms with E-state index in [9.17, 15) is 13.2 Å². The summed E-state index contributed by atoms with van der Waals surface area (Å²) in [5, 5.41) is 0.114. The molecule has 1 aromatic rings.